The van der Waals surface area contributed by atoms with Crippen LogP contribution in [0.1, 0.15) is 31.2 Å². The van der Waals surface area contributed by atoms with Gasteiger partial charge in [-0.25, -0.2) is 0 Å². The maximum atomic E-state index is 11.4. The normalized spacial score (nSPS) is 14.6. The van der Waals surface area contributed by atoms with Crippen molar-refractivity contribution in [1.29, 1.82) is 5.26 Å². The molecule has 136 valence electrons. The van der Waals surface area contributed by atoms with Gasteiger partial charge in [0.1, 0.15) is 13.0 Å². The van der Waals surface area contributed by atoms with Crippen LogP contribution in [-0.4, -0.2) is 50.7 Å². The van der Waals surface area contributed by atoms with Gasteiger partial charge in [-0.1, -0.05) is 18.6 Å². The van der Waals surface area contributed by atoms with Gasteiger partial charge in [-0.2, -0.15) is 5.26 Å². The molecule has 1 N–H and O–H groups in total. The number of piperidine rings is 1. The molecule has 0 spiro atoms. The van der Waals surface area contributed by atoms with Crippen molar-refractivity contribution >= 4 is 5.91 Å². The van der Waals surface area contributed by atoms with E-state index >= 15 is 0 Å². The summed E-state index contributed by atoms with van der Waals surface area (Å²) in [5.41, 5.74) is 0.996. The Labute approximate surface area is 149 Å². The van der Waals surface area contributed by atoms with Gasteiger partial charge in [0.25, 0.3) is 0 Å². The molecule has 0 atom stereocenters. The third kappa shape index (κ3) is 6.28. The first kappa shape index (κ1) is 19.1. The highest BCUT2D eigenvalue weighted by Gasteiger charge is 2.13. The number of para-hydroxylation sites is 1. The van der Waals surface area contributed by atoms with Crippen molar-refractivity contribution in [3.63, 3.8) is 0 Å². The summed E-state index contributed by atoms with van der Waals surface area (Å²) in [5.74, 6) is 1.20. The fourth-order valence-electron chi connectivity index (χ4n) is 3.01. The maximum absolute atomic E-state index is 11.4. The fraction of sp³-hybridized carbons (Fsp3) is 0.579. The number of ether oxygens (including phenoxy) is 2. The summed E-state index contributed by atoms with van der Waals surface area (Å²) in [6.45, 7) is 4.29. The molecule has 0 aliphatic carbocycles. The number of hydrogen-bond acceptors (Lipinski definition) is 5. The monoisotopic (exact) mass is 345 g/mol. The molecule has 25 heavy (non-hydrogen) atoms. The second-order valence-electron chi connectivity index (χ2n) is 6.13. The van der Waals surface area contributed by atoms with Crippen LogP contribution in [0.2, 0.25) is 0 Å². The lowest BCUT2D eigenvalue weighted by Gasteiger charge is -2.26. The van der Waals surface area contributed by atoms with Crippen LogP contribution in [-0.2, 0) is 11.2 Å². The Morgan fingerprint density at radius 2 is 2.12 bits per heavy atom. The minimum Gasteiger partial charge on any atom is -0.493 e. The first-order chi connectivity index (χ1) is 12.2. The molecule has 6 heteroatoms. The summed E-state index contributed by atoms with van der Waals surface area (Å²) in [4.78, 5) is 13.8. The van der Waals surface area contributed by atoms with E-state index in [1.54, 1.807) is 7.11 Å². The number of nitrogens with zero attached hydrogens (tertiary/aromatic N) is 2. The Morgan fingerprint density at radius 1 is 1.32 bits per heavy atom. The minimum absolute atomic E-state index is 0.114. The van der Waals surface area contributed by atoms with Gasteiger partial charge < -0.3 is 14.8 Å². The standard InChI is InChI=1S/C19H27N3O3/c1-24-17-7-5-6-16(9-11-21-18(23)8-10-20)19(17)25-15-14-22-12-3-2-4-13-22/h5-7H,2-4,8-9,11-15H2,1H3,(H,21,23). The van der Waals surface area contributed by atoms with Crippen LogP contribution < -0.4 is 14.8 Å². The second-order valence-corrected chi connectivity index (χ2v) is 6.13. The minimum atomic E-state index is -0.252. The van der Waals surface area contributed by atoms with E-state index in [1.807, 2.05) is 24.3 Å². The van der Waals surface area contributed by atoms with Gasteiger partial charge >= 0.3 is 0 Å². The molecular formula is C19H27N3O3. The Balaban J connectivity index is 1.90. The van der Waals surface area contributed by atoms with E-state index in [-0.39, 0.29) is 12.3 Å². The Hall–Kier alpha value is -2.26. The highest BCUT2D eigenvalue weighted by molar-refractivity contribution is 5.77. The summed E-state index contributed by atoms with van der Waals surface area (Å²) in [6.07, 6.45) is 4.38. The van der Waals surface area contributed by atoms with Crippen molar-refractivity contribution in [3.8, 4) is 17.6 Å². The number of carbonyl (C=O) groups is 1. The van der Waals surface area contributed by atoms with E-state index in [9.17, 15) is 4.79 Å². The van der Waals surface area contributed by atoms with E-state index < -0.39 is 0 Å². The van der Waals surface area contributed by atoms with Gasteiger partial charge in [-0.3, -0.25) is 9.69 Å². The average molecular weight is 345 g/mol. The molecule has 1 saturated heterocycles. The molecular weight excluding hydrogens is 318 g/mol. The largest absolute Gasteiger partial charge is 0.493 e. The van der Waals surface area contributed by atoms with Crippen LogP contribution >= 0.6 is 0 Å². The van der Waals surface area contributed by atoms with Gasteiger partial charge in [0.05, 0.1) is 13.2 Å². The molecule has 1 fully saturated rings. The highest BCUT2D eigenvalue weighted by Crippen LogP contribution is 2.31. The molecule has 1 heterocycles. The Bertz CT molecular complexity index is 592. The molecule has 2 rings (SSSR count). The molecule has 0 aromatic heterocycles. The van der Waals surface area contributed by atoms with E-state index in [2.05, 4.69) is 10.2 Å². The Kier molecular flexibility index (Phi) is 8.06. The van der Waals surface area contributed by atoms with E-state index in [0.717, 1.165) is 30.9 Å². The van der Waals surface area contributed by atoms with Crippen molar-refractivity contribution in [2.75, 3.05) is 39.9 Å². The topological polar surface area (TPSA) is 74.6 Å². The van der Waals surface area contributed by atoms with E-state index in [4.69, 9.17) is 14.7 Å². The SMILES string of the molecule is COc1cccc(CCNC(=O)CC#N)c1OCCN1CCCCC1. The number of nitriles is 1. The fourth-order valence-corrected chi connectivity index (χ4v) is 3.01. The van der Waals surface area contributed by atoms with Crippen molar-refractivity contribution in [2.45, 2.75) is 32.1 Å². The van der Waals surface area contributed by atoms with E-state index in [0.29, 0.717) is 25.3 Å². The number of carbonyl (C=O) groups excluding carboxylic acids is 1. The van der Waals surface area contributed by atoms with Crippen molar-refractivity contribution in [3.05, 3.63) is 23.8 Å². The predicted octanol–water partition coefficient (Wildman–Crippen LogP) is 2.13. The van der Waals surface area contributed by atoms with Gasteiger partial charge in [0.2, 0.25) is 5.91 Å². The third-order valence-corrected chi connectivity index (χ3v) is 4.34. The molecule has 1 amide bonds. The smallest absolute Gasteiger partial charge is 0.234 e. The van der Waals surface area contributed by atoms with Crippen molar-refractivity contribution in [2.24, 2.45) is 0 Å². The number of amides is 1. The molecule has 0 saturated carbocycles. The molecule has 0 bridgehead atoms. The van der Waals surface area contributed by atoms with Gasteiger partial charge in [0, 0.05) is 13.1 Å². The first-order valence-corrected chi connectivity index (χ1v) is 8.89. The molecule has 0 radical (unpaired) electrons. The number of likely N-dealkylation sites (tertiary alicyclic amines) is 1. The Morgan fingerprint density at radius 3 is 2.84 bits per heavy atom. The lowest BCUT2D eigenvalue weighted by Crippen LogP contribution is -2.33. The van der Waals surface area contributed by atoms with E-state index in [1.165, 1.54) is 19.3 Å². The van der Waals surface area contributed by atoms with Gasteiger partial charge in [-0.15, -0.1) is 0 Å². The van der Waals surface area contributed by atoms with Crippen LogP contribution in [0.5, 0.6) is 11.5 Å². The van der Waals surface area contributed by atoms with Crippen LogP contribution in [0.3, 0.4) is 0 Å². The molecule has 1 aromatic carbocycles. The van der Waals surface area contributed by atoms with Crippen LogP contribution in [0, 0.1) is 11.3 Å². The third-order valence-electron chi connectivity index (χ3n) is 4.34. The summed E-state index contributed by atoms with van der Waals surface area (Å²) in [6, 6.07) is 7.63. The second kappa shape index (κ2) is 10.6. The number of hydrogen-bond donors (Lipinski definition) is 1. The summed E-state index contributed by atoms with van der Waals surface area (Å²) >= 11 is 0. The zero-order valence-corrected chi connectivity index (χ0v) is 14.9. The zero-order chi connectivity index (χ0) is 17.9. The number of benzene rings is 1. The molecule has 1 aromatic rings. The number of methoxy groups -OCH3 is 1. The quantitative estimate of drug-likeness (QED) is 0.742. The number of nitrogens with one attached hydrogen (secondary N) is 1. The van der Waals surface area contributed by atoms with Crippen LogP contribution in [0.4, 0.5) is 0 Å². The molecule has 1 aliphatic rings. The summed E-state index contributed by atoms with van der Waals surface area (Å²) < 4.78 is 11.5. The average Bonchev–Trinajstić information content (AvgIpc) is 2.63. The highest BCUT2D eigenvalue weighted by atomic mass is 16.5. The number of rotatable bonds is 9. The predicted molar refractivity (Wildman–Crippen MR) is 95.7 cm³/mol. The van der Waals surface area contributed by atoms with Crippen LogP contribution in [0.25, 0.3) is 0 Å². The van der Waals surface area contributed by atoms with Crippen LogP contribution in [0.15, 0.2) is 18.2 Å². The zero-order valence-electron chi connectivity index (χ0n) is 14.9. The molecule has 0 unspecified atom stereocenters. The summed E-state index contributed by atoms with van der Waals surface area (Å²) in [5, 5.41) is 11.3. The summed E-state index contributed by atoms with van der Waals surface area (Å²) in [7, 11) is 1.63. The molecule has 6 nitrogen and oxygen atoms in total. The van der Waals surface area contributed by atoms with Gasteiger partial charge in [-0.05, 0) is 44.0 Å². The lowest BCUT2D eigenvalue weighted by molar-refractivity contribution is -0.120. The van der Waals surface area contributed by atoms with Gasteiger partial charge in [0.15, 0.2) is 11.5 Å². The lowest BCUT2D eigenvalue weighted by atomic mass is 10.1. The van der Waals surface area contributed by atoms with Crippen molar-refractivity contribution in [1.82, 2.24) is 10.2 Å². The first-order valence-electron chi connectivity index (χ1n) is 8.89. The molecule has 1 aliphatic heterocycles. The van der Waals surface area contributed by atoms with Crippen molar-refractivity contribution < 1.29 is 14.3 Å². The maximum Gasteiger partial charge on any atom is 0.234 e.